The van der Waals surface area contributed by atoms with Gasteiger partial charge in [0.25, 0.3) is 5.69 Å². The van der Waals surface area contributed by atoms with Crippen LogP contribution in [0.25, 0.3) is 11.1 Å². The van der Waals surface area contributed by atoms with Crippen molar-refractivity contribution in [3.63, 3.8) is 0 Å². The lowest BCUT2D eigenvalue weighted by molar-refractivity contribution is -0.384. The highest BCUT2D eigenvalue weighted by molar-refractivity contribution is 5.77. The number of fused-ring (bicyclic) bond motifs is 1. The second-order valence-electron chi connectivity index (χ2n) is 3.50. The second-order valence-corrected chi connectivity index (χ2v) is 3.50. The minimum atomic E-state index is -0.515. The molecule has 0 saturated heterocycles. The van der Waals surface area contributed by atoms with Crippen molar-refractivity contribution in [3.05, 3.63) is 34.2 Å². The standard InChI is InChI=1S/C11H10N2O5/c1-2-17-11(14)6-10-12-8-5-7(13(15)16)3-4-9(8)18-10/h3-5H,2,6H2,1H3. The van der Waals surface area contributed by atoms with Crippen LogP contribution < -0.4 is 0 Å². The summed E-state index contributed by atoms with van der Waals surface area (Å²) in [7, 11) is 0. The van der Waals surface area contributed by atoms with Crippen molar-refractivity contribution < 1.29 is 18.9 Å². The average Bonchev–Trinajstić information content (AvgIpc) is 2.69. The molecule has 18 heavy (non-hydrogen) atoms. The Labute approximate surface area is 102 Å². The number of nitro benzene ring substituents is 1. The fourth-order valence-electron chi connectivity index (χ4n) is 1.49. The van der Waals surface area contributed by atoms with Gasteiger partial charge < -0.3 is 9.15 Å². The predicted molar refractivity (Wildman–Crippen MR) is 61.0 cm³/mol. The number of aromatic nitrogens is 1. The van der Waals surface area contributed by atoms with Crippen LogP contribution in [-0.4, -0.2) is 22.5 Å². The first-order valence-electron chi connectivity index (χ1n) is 5.29. The summed E-state index contributed by atoms with van der Waals surface area (Å²) in [5, 5.41) is 10.6. The van der Waals surface area contributed by atoms with Gasteiger partial charge in [-0.1, -0.05) is 0 Å². The van der Waals surface area contributed by atoms with Crippen LogP contribution in [0.15, 0.2) is 22.6 Å². The van der Waals surface area contributed by atoms with Crippen molar-refractivity contribution in [2.75, 3.05) is 6.61 Å². The Balaban J connectivity index is 2.27. The third-order valence-electron chi connectivity index (χ3n) is 2.23. The molecule has 1 heterocycles. The van der Waals surface area contributed by atoms with Gasteiger partial charge in [0.1, 0.15) is 11.9 Å². The number of nitro groups is 1. The smallest absolute Gasteiger partial charge is 0.315 e. The van der Waals surface area contributed by atoms with Gasteiger partial charge in [0.05, 0.1) is 11.5 Å². The van der Waals surface area contributed by atoms with Crippen LogP contribution in [-0.2, 0) is 16.0 Å². The van der Waals surface area contributed by atoms with Gasteiger partial charge in [-0.15, -0.1) is 0 Å². The van der Waals surface area contributed by atoms with Crippen molar-refractivity contribution in [3.8, 4) is 0 Å². The summed E-state index contributed by atoms with van der Waals surface area (Å²) < 4.78 is 10.0. The van der Waals surface area contributed by atoms with Gasteiger partial charge in [-0.3, -0.25) is 14.9 Å². The quantitative estimate of drug-likeness (QED) is 0.466. The Hall–Kier alpha value is -2.44. The van der Waals surface area contributed by atoms with Crippen LogP contribution >= 0.6 is 0 Å². The molecule has 0 aliphatic heterocycles. The molecule has 2 aromatic rings. The molecule has 7 heteroatoms. The van der Waals surface area contributed by atoms with Crippen LogP contribution in [0, 0.1) is 10.1 Å². The first kappa shape index (κ1) is 12.0. The molecule has 0 aliphatic rings. The van der Waals surface area contributed by atoms with E-state index >= 15 is 0 Å². The van der Waals surface area contributed by atoms with Crippen LogP contribution in [0.2, 0.25) is 0 Å². The molecule has 0 atom stereocenters. The van der Waals surface area contributed by atoms with Crippen LogP contribution in [0.5, 0.6) is 0 Å². The van der Waals surface area contributed by atoms with E-state index in [0.29, 0.717) is 11.1 Å². The maximum absolute atomic E-state index is 11.2. The number of ether oxygens (including phenoxy) is 1. The number of hydrogen-bond donors (Lipinski definition) is 0. The fraction of sp³-hybridized carbons (Fsp3) is 0.273. The van der Waals surface area contributed by atoms with E-state index in [0.717, 1.165) is 0 Å². The van der Waals surface area contributed by atoms with E-state index in [9.17, 15) is 14.9 Å². The molecule has 0 amide bonds. The van der Waals surface area contributed by atoms with Crippen LogP contribution in [0.1, 0.15) is 12.8 Å². The minimum Gasteiger partial charge on any atom is -0.466 e. The SMILES string of the molecule is CCOC(=O)Cc1nc2cc([N+](=O)[O-])ccc2o1. The number of rotatable bonds is 4. The van der Waals surface area contributed by atoms with Crippen LogP contribution in [0.3, 0.4) is 0 Å². The van der Waals surface area contributed by atoms with Crippen molar-refractivity contribution in [2.45, 2.75) is 13.3 Å². The molecule has 0 aliphatic carbocycles. The van der Waals surface area contributed by atoms with Gasteiger partial charge in [0, 0.05) is 12.1 Å². The number of benzene rings is 1. The highest BCUT2D eigenvalue weighted by Gasteiger charge is 2.14. The summed E-state index contributed by atoms with van der Waals surface area (Å²) in [5.74, 6) is -0.262. The lowest BCUT2D eigenvalue weighted by atomic mass is 10.3. The van der Waals surface area contributed by atoms with E-state index in [1.807, 2.05) is 0 Å². The lowest BCUT2D eigenvalue weighted by Gasteiger charge is -1.96. The number of hydrogen-bond acceptors (Lipinski definition) is 6. The van der Waals surface area contributed by atoms with E-state index in [-0.39, 0.29) is 24.6 Å². The molecule has 0 unspecified atom stereocenters. The molecule has 0 bridgehead atoms. The molecule has 0 N–H and O–H groups in total. The number of nitrogens with zero attached hydrogens (tertiary/aromatic N) is 2. The zero-order valence-electron chi connectivity index (χ0n) is 9.58. The molecule has 1 aromatic heterocycles. The summed E-state index contributed by atoms with van der Waals surface area (Å²) in [6.07, 6.45) is -0.0870. The van der Waals surface area contributed by atoms with E-state index in [4.69, 9.17) is 9.15 Å². The zero-order chi connectivity index (χ0) is 13.1. The monoisotopic (exact) mass is 250 g/mol. The Morgan fingerprint density at radius 2 is 2.33 bits per heavy atom. The van der Waals surface area contributed by atoms with Gasteiger partial charge in [-0.25, -0.2) is 4.98 Å². The first-order valence-corrected chi connectivity index (χ1v) is 5.29. The Morgan fingerprint density at radius 1 is 1.56 bits per heavy atom. The van der Waals surface area contributed by atoms with Gasteiger partial charge in [-0.2, -0.15) is 0 Å². The molecule has 0 fully saturated rings. The number of oxazole rings is 1. The third kappa shape index (κ3) is 2.45. The normalized spacial score (nSPS) is 10.5. The molecule has 1 aromatic carbocycles. The van der Waals surface area contributed by atoms with Crippen molar-refractivity contribution in [1.82, 2.24) is 4.98 Å². The predicted octanol–water partition coefficient (Wildman–Crippen LogP) is 1.84. The largest absolute Gasteiger partial charge is 0.466 e. The van der Waals surface area contributed by atoms with E-state index in [2.05, 4.69) is 4.98 Å². The lowest BCUT2D eigenvalue weighted by Crippen LogP contribution is -2.07. The van der Waals surface area contributed by atoms with Gasteiger partial charge in [0.15, 0.2) is 5.58 Å². The highest BCUT2D eigenvalue weighted by atomic mass is 16.6. The van der Waals surface area contributed by atoms with Crippen molar-refractivity contribution in [2.24, 2.45) is 0 Å². The van der Waals surface area contributed by atoms with E-state index in [1.54, 1.807) is 6.92 Å². The number of non-ortho nitro benzene ring substituents is 1. The topological polar surface area (TPSA) is 95.5 Å². The first-order chi connectivity index (χ1) is 8.60. The summed E-state index contributed by atoms with van der Waals surface area (Å²) >= 11 is 0. The van der Waals surface area contributed by atoms with Gasteiger partial charge in [0.2, 0.25) is 5.89 Å². The van der Waals surface area contributed by atoms with Crippen molar-refractivity contribution >= 4 is 22.8 Å². The van der Waals surface area contributed by atoms with Crippen LogP contribution in [0.4, 0.5) is 5.69 Å². The van der Waals surface area contributed by atoms with Gasteiger partial charge >= 0.3 is 5.97 Å². The summed E-state index contributed by atoms with van der Waals surface area (Å²) in [6, 6.07) is 4.07. The maximum atomic E-state index is 11.2. The summed E-state index contributed by atoms with van der Waals surface area (Å²) in [4.78, 5) is 25.3. The zero-order valence-corrected chi connectivity index (χ0v) is 9.58. The van der Waals surface area contributed by atoms with Crippen molar-refractivity contribution in [1.29, 1.82) is 0 Å². The molecule has 7 nitrogen and oxygen atoms in total. The molecule has 0 radical (unpaired) electrons. The molecule has 94 valence electrons. The molecule has 0 saturated carbocycles. The van der Waals surface area contributed by atoms with E-state index in [1.165, 1.54) is 18.2 Å². The molecular weight excluding hydrogens is 240 g/mol. The number of carbonyl (C=O) groups excluding carboxylic acids is 1. The Kier molecular flexibility index (Phi) is 3.22. The van der Waals surface area contributed by atoms with Gasteiger partial charge in [-0.05, 0) is 13.0 Å². The maximum Gasteiger partial charge on any atom is 0.315 e. The Bertz CT molecular complexity index is 604. The second kappa shape index (κ2) is 4.82. The molecule has 2 rings (SSSR count). The fourth-order valence-corrected chi connectivity index (χ4v) is 1.49. The number of carbonyl (C=O) groups is 1. The molecule has 0 spiro atoms. The minimum absolute atomic E-state index is 0.0708. The Morgan fingerprint density at radius 3 is 3.00 bits per heavy atom. The average molecular weight is 250 g/mol. The summed E-state index contributed by atoms with van der Waals surface area (Å²) in [6.45, 7) is 1.98. The molecular formula is C11H10N2O5. The highest BCUT2D eigenvalue weighted by Crippen LogP contribution is 2.21. The number of esters is 1. The van der Waals surface area contributed by atoms with E-state index < -0.39 is 10.9 Å². The third-order valence-corrected chi connectivity index (χ3v) is 2.23. The summed E-state index contributed by atoms with van der Waals surface area (Å²) in [5.41, 5.74) is 0.682.